The van der Waals surface area contributed by atoms with Crippen LogP contribution in [-0.2, 0) is 0 Å². The van der Waals surface area contributed by atoms with Crippen molar-refractivity contribution in [1.82, 2.24) is 5.32 Å². The number of alkyl halides is 3. The third-order valence-electron chi connectivity index (χ3n) is 4.50. The summed E-state index contributed by atoms with van der Waals surface area (Å²) in [7, 11) is 1.81. The fourth-order valence-corrected chi connectivity index (χ4v) is 3.41. The van der Waals surface area contributed by atoms with Crippen LogP contribution in [0.5, 0.6) is 0 Å². The standard InChI is InChI=1S/C15H28F3N/c1-3-4-5-6-11-14(19-2)12-9-7-8-10-13(12)15(16,17)18/h12-14,19H,3-11H2,1-2H3. The molecule has 1 aliphatic rings. The molecule has 114 valence electrons. The van der Waals surface area contributed by atoms with E-state index >= 15 is 0 Å². The van der Waals surface area contributed by atoms with Crippen molar-refractivity contribution in [1.29, 1.82) is 0 Å². The topological polar surface area (TPSA) is 12.0 Å². The Morgan fingerprint density at radius 2 is 1.79 bits per heavy atom. The highest BCUT2D eigenvalue weighted by atomic mass is 19.4. The van der Waals surface area contributed by atoms with E-state index in [1.54, 1.807) is 0 Å². The first-order valence-corrected chi connectivity index (χ1v) is 7.74. The predicted octanol–water partition coefficient (Wildman–Crippen LogP) is 4.91. The second-order valence-corrected chi connectivity index (χ2v) is 5.84. The van der Waals surface area contributed by atoms with Crippen molar-refractivity contribution in [2.45, 2.75) is 76.9 Å². The van der Waals surface area contributed by atoms with Crippen LogP contribution in [0.15, 0.2) is 0 Å². The van der Waals surface area contributed by atoms with E-state index in [1.807, 2.05) is 7.05 Å². The van der Waals surface area contributed by atoms with Crippen LogP contribution in [0, 0.1) is 11.8 Å². The summed E-state index contributed by atoms with van der Waals surface area (Å²) in [6.07, 6.45) is 4.11. The van der Waals surface area contributed by atoms with Gasteiger partial charge >= 0.3 is 6.18 Å². The first-order valence-electron chi connectivity index (χ1n) is 7.74. The van der Waals surface area contributed by atoms with Crippen molar-refractivity contribution in [3.8, 4) is 0 Å². The van der Waals surface area contributed by atoms with Crippen molar-refractivity contribution in [3.63, 3.8) is 0 Å². The van der Waals surface area contributed by atoms with Crippen LogP contribution < -0.4 is 5.32 Å². The van der Waals surface area contributed by atoms with Gasteiger partial charge in [-0.15, -0.1) is 0 Å². The second-order valence-electron chi connectivity index (χ2n) is 5.84. The van der Waals surface area contributed by atoms with Gasteiger partial charge in [-0.05, 0) is 32.2 Å². The molecule has 1 saturated carbocycles. The van der Waals surface area contributed by atoms with Crippen LogP contribution in [0.3, 0.4) is 0 Å². The largest absolute Gasteiger partial charge is 0.392 e. The molecule has 3 unspecified atom stereocenters. The lowest BCUT2D eigenvalue weighted by Crippen LogP contribution is -2.44. The zero-order valence-electron chi connectivity index (χ0n) is 12.2. The van der Waals surface area contributed by atoms with E-state index in [0.717, 1.165) is 38.5 Å². The minimum absolute atomic E-state index is 0.0313. The SMILES string of the molecule is CCCCCCC(NC)C1CCCCC1C(F)(F)F. The van der Waals surface area contributed by atoms with E-state index in [9.17, 15) is 13.2 Å². The Morgan fingerprint density at radius 1 is 1.11 bits per heavy atom. The van der Waals surface area contributed by atoms with Gasteiger partial charge in [0, 0.05) is 6.04 Å². The van der Waals surface area contributed by atoms with E-state index in [2.05, 4.69) is 12.2 Å². The molecule has 0 aliphatic heterocycles. The number of nitrogens with one attached hydrogen (secondary N) is 1. The Labute approximate surface area is 115 Å². The summed E-state index contributed by atoms with van der Waals surface area (Å²) >= 11 is 0. The summed E-state index contributed by atoms with van der Waals surface area (Å²) < 4.78 is 39.3. The molecule has 1 N–H and O–H groups in total. The van der Waals surface area contributed by atoms with Gasteiger partial charge in [0.15, 0.2) is 0 Å². The molecule has 0 saturated heterocycles. The van der Waals surface area contributed by atoms with Gasteiger partial charge in [-0.2, -0.15) is 13.2 Å². The number of rotatable bonds is 7. The highest BCUT2D eigenvalue weighted by Gasteiger charge is 2.47. The number of halogens is 3. The Kier molecular flexibility index (Phi) is 7.19. The van der Waals surface area contributed by atoms with Crippen LogP contribution in [0.1, 0.15) is 64.7 Å². The average molecular weight is 279 g/mol. The first kappa shape index (κ1) is 16.8. The molecule has 0 aromatic carbocycles. The zero-order valence-corrected chi connectivity index (χ0v) is 12.2. The third kappa shape index (κ3) is 5.33. The molecule has 0 heterocycles. The van der Waals surface area contributed by atoms with E-state index in [4.69, 9.17) is 0 Å². The van der Waals surface area contributed by atoms with E-state index in [0.29, 0.717) is 6.42 Å². The maximum atomic E-state index is 13.1. The van der Waals surface area contributed by atoms with Crippen molar-refractivity contribution in [2.75, 3.05) is 7.05 Å². The van der Waals surface area contributed by atoms with Gasteiger partial charge in [-0.3, -0.25) is 0 Å². The summed E-state index contributed by atoms with van der Waals surface area (Å²) in [5, 5.41) is 3.15. The van der Waals surface area contributed by atoms with Crippen LogP contribution in [0.2, 0.25) is 0 Å². The first-order chi connectivity index (χ1) is 9.00. The van der Waals surface area contributed by atoms with Crippen molar-refractivity contribution in [2.24, 2.45) is 11.8 Å². The average Bonchev–Trinajstić information content (AvgIpc) is 2.38. The summed E-state index contributed by atoms with van der Waals surface area (Å²) in [4.78, 5) is 0. The molecule has 1 nitrogen and oxygen atoms in total. The highest BCUT2D eigenvalue weighted by Crippen LogP contribution is 2.43. The number of unbranched alkanes of at least 4 members (excludes halogenated alkanes) is 3. The molecular weight excluding hydrogens is 251 g/mol. The molecule has 0 bridgehead atoms. The molecule has 3 atom stereocenters. The van der Waals surface area contributed by atoms with Gasteiger partial charge in [0.1, 0.15) is 0 Å². The number of hydrogen-bond acceptors (Lipinski definition) is 1. The molecule has 4 heteroatoms. The van der Waals surface area contributed by atoms with Crippen LogP contribution in [0.25, 0.3) is 0 Å². The second kappa shape index (κ2) is 8.13. The Morgan fingerprint density at radius 3 is 2.37 bits per heavy atom. The number of hydrogen-bond donors (Lipinski definition) is 1. The zero-order chi connectivity index (χ0) is 14.3. The smallest absolute Gasteiger partial charge is 0.317 e. The van der Waals surface area contributed by atoms with Crippen LogP contribution in [0.4, 0.5) is 13.2 Å². The van der Waals surface area contributed by atoms with Gasteiger partial charge in [0.25, 0.3) is 0 Å². The van der Waals surface area contributed by atoms with Gasteiger partial charge in [-0.1, -0.05) is 45.4 Å². The molecule has 1 aliphatic carbocycles. The summed E-state index contributed by atoms with van der Waals surface area (Å²) in [5.74, 6) is -1.31. The van der Waals surface area contributed by atoms with Crippen LogP contribution >= 0.6 is 0 Å². The van der Waals surface area contributed by atoms with Gasteiger partial charge in [-0.25, -0.2) is 0 Å². The maximum absolute atomic E-state index is 13.1. The molecular formula is C15H28F3N. The molecule has 1 fully saturated rings. The quantitative estimate of drug-likeness (QED) is 0.653. The monoisotopic (exact) mass is 279 g/mol. The molecule has 0 aromatic heterocycles. The van der Waals surface area contributed by atoms with Crippen molar-refractivity contribution in [3.05, 3.63) is 0 Å². The fourth-order valence-electron chi connectivity index (χ4n) is 3.41. The predicted molar refractivity (Wildman–Crippen MR) is 73.1 cm³/mol. The Balaban J connectivity index is 2.55. The summed E-state index contributed by atoms with van der Waals surface area (Å²) in [6, 6.07) is 0.0313. The van der Waals surface area contributed by atoms with E-state index in [-0.39, 0.29) is 12.0 Å². The molecule has 0 spiro atoms. The van der Waals surface area contributed by atoms with Gasteiger partial charge in [0.2, 0.25) is 0 Å². The fraction of sp³-hybridized carbons (Fsp3) is 1.00. The normalized spacial score (nSPS) is 26.4. The van der Waals surface area contributed by atoms with Gasteiger partial charge < -0.3 is 5.32 Å². The van der Waals surface area contributed by atoms with Crippen LogP contribution in [-0.4, -0.2) is 19.3 Å². The summed E-state index contributed by atoms with van der Waals surface area (Å²) in [5.41, 5.74) is 0. The molecule has 0 radical (unpaired) electrons. The van der Waals surface area contributed by atoms with E-state index in [1.165, 1.54) is 12.8 Å². The molecule has 1 rings (SSSR count). The van der Waals surface area contributed by atoms with Crippen molar-refractivity contribution < 1.29 is 13.2 Å². The Hall–Kier alpha value is -0.250. The third-order valence-corrected chi connectivity index (χ3v) is 4.50. The molecule has 0 aromatic rings. The summed E-state index contributed by atoms with van der Waals surface area (Å²) in [6.45, 7) is 2.15. The maximum Gasteiger partial charge on any atom is 0.392 e. The molecule has 0 amide bonds. The highest BCUT2D eigenvalue weighted by molar-refractivity contribution is 4.87. The minimum Gasteiger partial charge on any atom is -0.317 e. The lowest BCUT2D eigenvalue weighted by atomic mass is 9.73. The lowest BCUT2D eigenvalue weighted by Gasteiger charge is -2.38. The Bertz CT molecular complexity index is 240. The van der Waals surface area contributed by atoms with E-state index < -0.39 is 12.1 Å². The minimum atomic E-state index is -4.02. The van der Waals surface area contributed by atoms with Crippen molar-refractivity contribution >= 4 is 0 Å². The molecule has 19 heavy (non-hydrogen) atoms. The van der Waals surface area contributed by atoms with Gasteiger partial charge in [0.05, 0.1) is 5.92 Å². The lowest BCUT2D eigenvalue weighted by molar-refractivity contribution is -0.199.